The number of allylic oxidation sites excluding steroid dienone is 10. The molecule has 3 aliphatic rings. The summed E-state index contributed by atoms with van der Waals surface area (Å²) in [5.74, 6) is 0. The molecule has 1 aliphatic carbocycles. The van der Waals surface area contributed by atoms with Crippen molar-refractivity contribution in [3.8, 4) is 0 Å². The van der Waals surface area contributed by atoms with E-state index in [0.717, 1.165) is 17.0 Å². The largest absolute Gasteiger partial charge is 0.480 e. The molecule has 0 spiro atoms. The molecule has 5 rings (SSSR count). The lowest BCUT2D eigenvalue weighted by molar-refractivity contribution is -0.401. The molecular weight excluding hydrogens is 741 g/mol. The molecule has 0 fully saturated rings. The average Bonchev–Trinajstić information content (AvgIpc) is 3.33. The second kappa shape index (κ2) is 14.4. The van der Waals surface area contributed by atoms with Gasteiger partial charge in [-0.05, 0) is 61.0 Å². The lowest BCUT2D eigenvalue weighted by Gasteiger charge is -2.30. The van der Waals surface area contributed by atoms with Crippen LogP contribution in [0.3, 0.4) is 0 Å². The second-order valence-electron chi connectivity index (χ2n) is 15.0. The van der Waals surface area contributed by atoms with Crippen LogP contribution in [0.4, 0.5) is 37.7 Å². The number of sulfonamides is 2. The highest BCUT2D eigenvalue weighted by atomic mass is 32.3. The van der Waals surface area contributed by atoms with Crippen molar-refractivity contribution >= 4 is 37.1 Å². The minimum atomic E-state index is -6.72. The van der Waals surface area contributed by atoms with Crippen molar-refractivity contribution in [2.24, 2.45) is 5.41 Å². The highest BCUT2D eigenvalue weighted by Crippen LogP contribution is 2.47. The number of hydrogen-bond donors (Lipinski definition) is 0. The lowest BCUT2D eigenvalue weighted by Crippen LogP contribution is -2.30. The van der Waals surface area contributed by atoms with E-state index in [0.29, 0.717) is 0 Å². The van der Waals surface area contributed by atoms with Gasteiger partial charge in [-0.1, -0.05) is 94.5 Å². The first-order valence-corrected chi connectivity index (χ1v) is 19.4. The van der Waals surface area contributed by atoms with E-state index in [1.165, 1.54) is 45.1 Å². The highest BCUT2D eigenvalue weighted by Gasteiger charge is 2.47. The summed E-state index contributed by atoms with van der Waals surface area (Å²) in [6.45, 7) is 14.1. The summed E-state index contributed by atoms with van der Waals surface area (Å²) >= 11 is 0. The van der Waals surface area contributed by atoms with Crippen LogP contribution < -0.4 is 4.90 Å². The minimum Gasteiger partial charge on any atom is -0.421 e. The Morgan fingerprint density at radius 3 is 1.81 bits per heavy atom. The molecular formula is C38H43F6N3O4S2. The van der Waals surface area contributed by atoms with Crippen LogP contribution >= 0.6 is 0 Å². The number of hydrogen-bond acceptors (Lipinski definition) is 5. The van der Waals surface area contributed by atoms with Crippen molar-refractivity contribution < 1.29 is 47.8 Å². The van der Waals surface area contributed by atoms with Crippen molar-refractivity contribution in [3.05, 3.63) is 123 Å². The standard InChI is InChI=1S/C36H43N2.C2F6NO4S2/c1-34(2)24-26(15-13-21-32-35(3,4)28-17-9-11-19-30(28)37(32)7)23-27(25-34)16-14-22-33-36(5,6)29-18-10-12-20-31(29)38(33)8;3-1(4,5)14(10,11)9-15(12,13)2(6,7)8/h9-23H,24-25H2,1-8H3;/q+1;-1. The van der Waals surface area contributed by atoms with Crippen LogP contribution in [-0.2, 0) is 30.9 Å². The summed E-state index contributed by atoms with van der Waals surface area (Å²) in [4.78, 5) is 2.34. The zero-order chi connectivity index (χ0) is 40.0. The van der Waals surface area contributed by atoms with E-state index in [1.807, 2.05) is 0 Å². The van der Waals surface area contributed by atoms with Crippen LogP contribution in [0.5, 0.6) is 0 Å². The van der Waals surface area contributed by atoms with Crippen LogP contribution in [0.2, 0.25) is 0 Å². The summed E-state index contributed by atoms with van der Waals surface area (Å²) in [5, 5.41) is 0. The van der Waals surface area contributed by atoms with Gasteiger partial charge < -0.3 is 9.03 Å². The zero-order valence-corrected chi connectivity index (χ0v) is 32.3. The molecule has 0 atom stereocenters. The van der Waals surface area contributed by atoms with Crippen molar-refractivity contribution in [1.82, 2.24) is 0 Å². The molecule has 0 aromatic heterocycles. The number of rotatable bonds is 6. The maximum absolute atomic E-state index is 11.4. The van der Waals surface area contributed by atoms with Gasteiger partial charge in [0.15, 0.2) is 25.8 Å². The number of anilines is 1. The van der Waals surface area contributed by atoms with Crippen molar-refractivity contribution in [2.75, 3.05) is 19.0 Å². The third-order valence-electron chi connectivity index (χ3n) is 9.53. The van der Waals surface area contributed by atoms with Gasteiger partial charge in [0.05, 0.1) is 5.41 Å². The Hall–Kier alpha value is -3.95. The van der Waals surface area contributed by atoms with Gasteiger partial charge in [-0.2, -0.15) is 30.9 Å². The number of alkyl halides is 6. The zero-order valence-electron chi connectivity index (χ0n) is 30.6. The third kappa shape index (κ3) is 8.73. The Morgan fingerprint density at radius 1 is 0.736 bits per heavy atom. The first-order chi connectivity index (χ1) is 24.1. The number of nitrogens with zero attached hydrogens (tertiary/aromatic N) is 3. The van der Waals surface area contributed by atoms with Gasteiger partial charge in [0.1, 0.15) is 7.05 Å². The lowest BCUT2D eigenvalue weighted by atomic mass is 9.75. The van der Waals surface area contributed by atoms with E-state index < -0.39 is 31.1 Å². The number of likely N-dealkylation sites (N-methyl/N-ethyl adjacent to an activating group) is 1. The summed E-state index contributed by atoms with van der Waals surface area (Å²) < 4.78 is 112. The molecule has 0 N–H and O–H groups in total. The van der Waals surface area contributed by atoms with Gasteiger partial charge in [0, 0.05) is 41.6 Å². The van der Waals surface area contributed by atoms with E-state index in [9.17, 15) is 43.2 Å². The van der Waals surface area contributed by atoms with Crippen LogP contribution in [0.1, 0.15) is 65.5 Å². The van der Waals surface area contributed by atoms with E-state index in [2.05, 4.69) is 156 Å². The van der Waals surface area contributed by atoms with Gasteiger partial charge in [-0.15, -0.1) is 0 Å². The van der Waals surface area contributed by atoms with Crippen molar-refractivity contribution in [2.45, 2.75) is 76.2 Å². The SMILES string of the molecule is CN1/C(=C/C=C/C2=CC(=C/C=C/C3=[N+](C)c4ccccc4C3(C)C)/CC(C)(C)C2)C(C)(C)c2ccccc21.O=S(=O)([N-]S(=O)(=O)C(F)(F)F)C(F)(F)F. The molecule has 0 radical (unpaired) electrons. The predicted molar refractivity (Wildman–Crippen MR) is 197 cm³/mol. The fraction of sp³-hybridized carbons (Fsp3) is 0.395. The average molecular weight is 784 g/mol. The Morgan fingerprint density at radius 2 is 1.26 bits per heavy atom. The Balaban J connectivity index is 0.000000355. The fourth-order valence-corrected chi connectivity index (χ4v) is 8.77. The number of benzene rings is 2. The van der Waals surface area contributed by atoms with E-state index in [-0.39, 0.29) is 16.2 Å². The van der Waals surface area contributed by atoms with Gasteiger partial charge in [-0.3, -0.25) is 0 Å². The maximum Gasteiger partial charge on any atom is 0.480 e. The first kappa shape index (κ1) is 41.8. The van der Waals surface area contributed by atoms with Crippen LogP contribution in [0.15, 0.2) is 108 Å². The summed E-state index contributed by atoms with van der Waals surface area (Å²) in [7, 11) is -9.08. The van der Waals surface area contributed by atoms with Gasteiger partial charge >= 0.3 is 11.0 Å². The van der Waals surface area contributed by atoms with Gasteiger partial charge in [0.2, 0.25) is 5.69 Å². The van der Waals surface area contributed by atoms with Crippen molar-refractivity contribution in [1.29, 1.82) is 0 Å². The third-order valence-corrected chi connectivity index (χ3v) is 12.3. The quantitative estimate of drug-likeness (QED) is 0.215. The predicted octanol–water partition coefficient (Wildman–Crippen LogP) is 9.85. The van der Waals surface area contributed by atoms with Gasteiger partial charge in [0.25, 0.3) is 0 Å². The molecule has 2 aromatic rings. The Labute approximate surface area is 307 Å². The van der Waals surface area contributed by atoms with E-state index in [4.69, 9.17) is 0 Å². The summed E-state index contributed by atoms with van der Waals surface area (Å²) in [6.07, 6.45) is 18.3. The highest BCUT2D eigenvalue weighted by molar-refractivity contribution is 8.13. The van der Waals surface area contributed by atoms with Gasteiger partial charge in [-0.25, -0.2) is 16.8 Å². The Kier molecular flexibility index (Phi) is 11.3. The van der Waals surface area contributed by atoms with Crippen LogP contribution in [0, 0.1) is 5.41 Å². The fourth-order valence-electron chi connectivity index (χ4n) is 7.06. The molecule has 15 heteroatoms. The molecule has 0 amide bonds. The summed E-state index contributed by atoms with van der Waals surface area (Å²) in [5.41, 5.74) is -1.27. The van der Waals surface area contributed by atoms with Crippen LogP contribution in [-0.4, -0.2) is 52.2 Å². The number of fused-ring (bicyclic) bond motifs is 2. The smallest absolute Gasteiger partial charge is 0.421 e. The first-order valence-electron chi connectivity index (χ1n) is 16.5. The van der Waals surface area contributed by atoms with E-state index in [1.54, 1.807) is 0 Å². The normalized spacial score (nSPS) is 21.2. The molecule has 53 heavy (non-hydrogen) atoms. The topological polar surface area (TPSA) is 88.6 Å². The molecule has 0 bridgehead atoms. The second-order valence-corrected chi connectivity index (χ2v) is 18.4. The molecule has 2 aromatic carbocycles. The Bertz CT molecular complexity index is 2130. The molecule has 2 aliphatic heterocycles. The molecule has 0 saturated carbocycles. The maximum atomic E-state index is 11.4. The van der Waals surface area contributed by atoms with E-state index >= 15 is 0 Å². The molecule has 0 unspecified atom stereocenters. The molecule has 7 nitrogen and oxygen atoms in total. The molecule has 0 saturated heterocycles. The minimum absolute atomic E-state index is 0.00423. The number of halogens is 6. The number of para-hydroxylation sites is 2. The van der Waals surface area contributed by atoms with Crippen LogP contribution in [0.25, 0.3) is 4.13 Å². The molecule has 288 valence electrons. The monoisotopic (exact) mass is 783 g/mol. The molecule has 2 heterocycles. The van der Waals surface area contributed by atoms with Crippen molar-refractivity contribution in [3.63, 3.8) is 0 Å². The summed E-state index contributed by atoms with van der Waals surface area (Å²) in [6, 6.07) is 17.5.